The molecule has 1 fully saturated rings. The van der Waals surface area contributed by atoms with Crippen molar-refractivity contribution < 1.29 is 0 Å². The zero-order chi connectivity index (χ0) is 8.65. The lowest BCUT2D eigenvalue weighted by atomic mass is 9.80. The topological polar surface area (TPSA) is 0 Å². The summed E-state index contributed by atoms with van der Waals surface area (Å²) >= 11 is 3.59. The Hall–Kier alpha value is 0.480. The maximum Gasteiger partial charge on any atom is 0.00653 e. The minimum atomic E-state index is 0.670. The van der Waals surface area contributed by atoms with Crippen LogP contribution in [0.4, 0.5) is 0 Å². The monoisotopic (exact) mass is 218 g/mol. The third-order valence-corrected chi connectivity index (χ3v) is 4.32. The molecule has 1 aliphatic rings. The molecular formula is C10H19Br. The van der Waals surface area contributed by atoms with Crippen molar-refractivity contribution in [1.82, 2.24) is 0 Å². The first kappa shape index (κ1) is 9.57. The van der Waals surface area contributed by atoms with Crippen LogP contribution in [0.15, 0.2) is 0 Å². The normalized spacial score (nSPS) is 28.1. The van der Waals surface area contributed by atoms with Crippen LogP contribution in [0.2, 0.25) is 0 Å². The maximum absolute atomic E-state index is 3.59. The Morgan fingerprint density at radius 3 is 1.82 bits per heavy atom. The lowest BCUT2D eigenvalue weighted by Crippen LogP contribution is -2.20. The highest BCUT2D eigenvalue weighted by Crippen LogP contribution is 2.62. The second kappa shape index (κ2) is 3.08. The number of alkyl halides is 1. The Morgan fingerprint density at radius 2 is 1.73 bits per heavy atom. The van der Waals surface area contributed by atoms with Crippen molar-refractivity contribution in [3.05, 3.63) is 0 Å². The van der Waals surface area contributed by atoms with E-state index in [1.807, 2.05) is 0 Å². The van der Waals surface area contributed by atoms with Crippen LogP contribution in [0.1, 0.15) is 34.1 Å². The van der Waals surface area contributed by atoms with E-state index in [-0.39, 0.29) is 0 Å². The molecule has 0 saturated heterocycles. The number of halogens is 1. The van der Waals surface area contributed by atoms with Crippen molar-refractivity contribution in [2.45, 2.75) is 34.1 Å². The molecule has 0 aromatic rings. The van der Waals surface area contributed by atoms with Gasteiger partial charge in [-0.1, -0.05) is 43.6 Å². The second-order valence-electron chi connectivity index (χ2n) is 4.48. The molecule has 0 nitrogen and oxygen atoms in total. The van der Waals surface area contributed by atoms with Crippen molar-refractivity contribution in [1.29, 1.82) is 0 Å². The molecule has 0 heterocycles. The Kier molecular flexibility index (Phi) is 2.68. The summed E-state index contributed by atoms with van der Waals surface area (Å²) in [6.45, 7) is 9.46. The molecule has 1 atom stereocenters. The van der Waals surface area contributed by atoms with Crippen LogP contribution >= 0.6 is 15.9 Å². The van der Waals surface area contributed by atoms with E-state index in [0.29, 0.717) is 5.41 Å². The first-order valence-electron chi connectivity index (χ1n) is 4.61. The largest absolute Gasteiger partial charge is 0.0925 e. The fraction of sp³-hybridized carbons (Fsp3) is 1.00. The molecule has 0 aromatic carbocycles. The SMILES string of the molecule is CC(C)C1(C(C)C)CC1CBr. The summed E-state index contributed by atoms with van der Waals surface area (Å²) < 4.78 is 0. The highest BCUT2D eigenvalue weighted by molar-refractivity contribution is 9.09. The van der Waals surface area contributed by atoms with Crippen molar-refractivity contribution in [3.63, 3.8) is 0 Å². The Morgan fingerprint density at radius 1 is 1.27 bits per heavy atom. The van der Waals surface area contributed by atoms with Gasteiger partial charge >= 0.3 is 0 Å². The molecule has 1 unspecified atom stereocenters. The summed E-state index contributed by atoms with van der Waals surface area (Å²) in [4.78, 5) is 0. The van der Waals surface area contributed by atoms with Gasteiger partial charge in [0.2, 0.25) is 0 Å². The van der Waals surface area contributed by atoms with Crippen LogP contribution in [0.3, 0.4) is 0 Å². The molecule has 0 aromatic heterocycles. The molecule has 1 heteroatoms. The summed E-state index contributed by atoms with van der Waals surface area (Å²) in [5.74, 6) is 2.65. The molecule has 1 rings (SSSR count). The van der Waals surface area contributed by atoms with Gasteiger partial charge in [-0.05, 0) is 29.6 Å². The third kappa shape index (κ3) is 1.37. The predicted molar refractivity (Wildman–Crippen MR) is 54.0 cm³/mol. The number of hydrogen-bond donors (Lipinski definition) is 0. The van der Waals surface area contributed by atoms with E-state index >= 15 is 0 Å². The van der Waals surface area contributed by atoms with Crippen molar-refractivity contribution in [2.24, 2.45) is 23.2 Å². The molecule has 0 spiro atoms. The fourth-order valence-corrected chi connectivity index (χ4v) is 3.48. The predicted octanol–water partition coefficient (Wildman–Crippen LogP) is 3.70. The van der Waals surface area contributed by atoms with Gasteiger partial charge in [-0.3, -0.25) is 0 Å². The van der Waals surface area contributed by atoms with Gasteiger partial charge in [0.25, 0.3) is 0 Å². The molecule has 1 saturated carbocycles. The Labute approximate surface area is 78.9 Å². The van der Waals surface area contributed by atoms with E-state index in [4.69, 9.17) is 0 Å². The van der Waals surface area contributed by atoms with E-state index in [2.05, 4.69) is 43.6 Å². The summed E-state index contributed by atoms with van der Waals surface area (Å²) in [7, 11) is 0. The molecule has 11 heavy (non-hydrogen) atoms. The zero-order valence-electron chi connectivity index (χ0n) is 8.02. The van der Waals surface area contributed by atoms with Gasteiger partial charge in [0.05, 0.1) is 0 Å². The lowest BCUT2D eigenvalue weighted by molar-refractivity contribution is 0.238. The molecule has 66 valence electrons. The van der Waals surface area contributed by atoms with E-state index in [1.54, 1.807) is 0 Å². The summed E-state index contributed by atoms with van der Waals surface area (Å²) in [6.07, 6.45) is 1.44. The molecule has 1 aliphatic carbocycles. The van der Waals surface area contributed by atoms with E-state index in [0.717, 1.165) is 17.8 Å². The van der Waals surface area contributed by atoms with Gasteiger partial charge in [0.1, 0.15) is 0 Å². The molecule has 0 N–H and O–H groups in total. The van der Waals surface area contributed by atoms with Crippen molar-refractivity contribution >= 4 is 15.9 Å². The van der Waals surface area contributed by atoms with Gasteiger partial charge in [-0.25, -0.2) is 0 Å². The van der Waals surface area contributed by atoms with E-state index in [1.165, 1.54) is 11.8 Å². The van der Waals surface area contributed by atoms with Gasteiger partial charge in [0.15, 0.2) is 0 Å². The van der Waals surface area contributed by atoms with Crippen LogP contribution < -0.4 is 0 Å². The van der Waals surface area contributed by atoms with Gasteiger partial charge in [-0.15, -0.1) is 0 Å². The van der Waals surface area contributed by atoms with Crippen LogP contribution in [0.25, 0.3) is 0 Å². The summed E-state index contributed by atoms with van der Waals surface area (Å²) in [5.41, 5.74) is 0.670. The quantitative estimate of drug-likeness (QED) is 0.635. The van der Waals surface area contributed by atoms with Gasteiger partial charge in [-0.2, -0.15) is 0 Å². The summed E-state index contributed by atoms with van der Waals surface area (Å²) in [6, 6.07) is 0. The summed E-state index contributed by atoms with van der Waals surface area (Å²) in [5, 5.41) is 1.20. The molecule has 0 amide bonds. The van der Waals surface area contributed by atoms with Crippen LogP contribution in [-0.2, 0) is 0 Å². The van der Waals surface area contributed by atoms with Gasteiger partial charge < -0.3 is 0 Å². The van der Waals surface area contributed by atoms with Crippen LogP contribution in [0, 0.1) is 23.2 Å². The van der Waals surface area contributed by atoms with Crippen molar-refractivity contribution in [3.8, 4) is 0 Å². The minimum absolute atomic E-state index is 0.670. The highest BCUT2D eigenvalue weighted by atomic mass is 79.9. The Balaban J connectivity index is 2.63. The van der Waals surface area contributed by atoms with Gasteiger partial charge in [0, 0.05) is 5.33 Å². The zero-order valence-corrected chi connectivity index (χ0v) is 9.61. The first-order chi connectivity index (χ1) is 5.05. The number of rotatable bonds is 3. The molecular weight excluding hydrogens is 200 g/mol. The third-order valence-electron chi connectivity index (χ3n) is 3.54. The molecule has 0 radical (unpaired) electrons. The average Bonchev–Trinajstić information content (AvgIpc) is 2.61. The average molecular weight is 219 g/mol. The van der Waals surface area contributed by atoms with Crippen LogP contribution in [-0.4, -0.2) is 5.33 Å². The second-order valence-corrected chi connectivity index (χ2v) is 5.12. The standard InChI is InChI=1S/C10H19Br/c1-7(2)10(8(3)4)5-9(10)6-11/h7-9H,5-6H2,1-4H3. The molecule has 0 bridgehead atoms. The number of hydrogen-bond acceptors (Lipinski definition) is 0. The fourth-order valence-electron chi connectivity index (χ4n) is 2.65. The lowest BCUT2D eigenvalue weighted by Gasteiger charge is -2.25. The van der Waals surface area contributed by atoms with E-state index in [9.17, 15) is 0 Å². The first-order valence-corrected chi connectivity index (χ1v) is 5.73. The molecule has 0 aliphatic heterocycles. The van der Waals surface area contributed by atoms with Crippen LogP contribution in [0.5, 0.6) is 0 Å². The highest BCUT2D eigenvalue weighted by Gasteiger charge is 2.56. The minimum Gasteiger partial charge on any atom is -0.0925 e. The van der Waals surface area contributed by atoms with E-state index < -0.39 is 0 Å². The van der Waals surface area contributed by atoms with Crippen molar-refractivity contribution in [2.75, 3.05) is 5.33 Å². The Bertz CT molecular complexity index is 130. The smallest absolute Gasteiger partial charge is 0.00653 e. The maximum atomic E-state index is 3.59.